The molecule has 0 saturated heterocycles. The first kappa shape index (κ1) is 10.9. The molecule has 0 aromatic carbocycles. The van der Waals surface area contributed by atoms with E-state index < -0.39 is 11.4 Å². The Morgan fingerprint density at radius 1 is 1.33 bits per heavy atom. The number of nitrogens with zero attached hydrogens (tertiary/aromatic N) is 1. The Labute approximate surface area is 72.2 Å². The lowest BCUT2D eigenvalue weighted by atomic mass is 9.95. The van der Waals surface area contributed by atoms with Crippen LogP contribution in [-0.4, -0.2) is 35.5 Å². The van der Waals surface area contributed by atoms with Gasteiger partial charge in [0.05, 0.1) is 0 Å². The molecule has 0 spiro atoms. The van der Waals surface area contributed by atoms with E-state index in [1.54, 1.807) is 20.8 Å². The van der Waals surface area contributed by atoms with Gasteiger partial charge in [-0.15, -0.1) is 0 Å². The molecule has 70 valence electrons. The van der Waals surface area contributed by atoms with Crippen LogP contribution < -0.4 is 0 Å². The first-order valence-electron chi connectivity index (χ1n) is 3.72. The molecule has 0 rings (SSSR count). The Morgan fingerprint density at radius 3 is 2.00 bits per heavy atom. The van der Waals surface area contributed by atoms with E-state index in [1.807, 2.05) is 0 Å². The molecule has 0 aromatic heterocycles. The molecular formula is C8H15NO3. The van der Waals surface area contributed by atoms with E-state index in [4.69, 9.17) is 5.11 Å². The lowest BCUT2D eigenvalue weighted by Crippen LogP contribution is -2.39. The first-order valence-corrected chi connectivity index (χ1v) is 3.72. The van der Waals surface area contributed by atoms with Gasteiger partial charge in [-0.25, -0.2) is 0 Å². The van der Waals surface area contributed by atoms with Gasteiger partial charge in [-0.2, -0.15) is 0 Å². The van der Waals surface area contributed by atoms with E-state index in [2.05, 4.69) is 0 Å². The number of aliphatic carboxylic acids is 1. The third kappa shape index (κ3) is 3.37. The predicted octanol–water partition coefficient (Wildman–Crippen LogP) is 0.575. The fourth-order valence-electron chi connectivity index (χ4n) is 0.847. The summed E-state index contributed by atoms with van der Waals surface area (Å²) in [5.74, 6) is -1.15. The molecule has 0 aliphatic heterocycles. The van der Waals surface area contributed by atoms with Crippen LogP contribution in [0.15, 0.2) is 0 Å². The maximum absolute atomic E-state index is 11.4. The normalized spacial score (nSPS) is 11.0. The molecule has 1 N–H and O–H groups in total. The van der Waals surface area contributed by atoms with Gasteiger partial charge in [0, 0.05) is 12.5 Å². The molecule has 0 bridgehead atoms. The van der Waals surface area contributed by atoms with Crippen molar-refractivity contribution in [3.8, 4) is 0 Å². The Kier molecular flexibility index (Phi) is 3.24. The zero-order valence-corrected chi connectivity index (χ0v) is 7.92. The van der Waals surface area contributed by atoms with Crippen LogP contribution in [-0.2, 0) is 9.59 Å². The molecule has 0 fully saturated rings. The zero-order chi connectivity index (χ0) is 9.94. The smallest absolute Gasteiger partial charge is 0.323 e. The number of carboxylic acids is 1. The summed E-state index contributed by atoms with van der Waals surface area (Å²) in [4.78, 5) is 22.8. The van der Waals surface area contributed by atoms with Crippen molar-refractivity contribution in [2.75, 3.05) is 13.6 Å². The van der Waals surface area contributed by atoms with Crippen LogP contribution in [0.3, 0.4) is 0 Å². The van der Waals surface area contributed by atoms with Gasteiger partial charge in [-0.1, -0.05) is 20.8 Å². The average molecular weight is 173 g/mol. The predicted molar refractivity (Wildman–Crippen MR) is 44.7 cm³/mol. The molecular weight excluding hydrogens is 158 g/mol. The van der Waals surface area contributed by atoms with Crippen molar-refractivity contribution in [1.82, 2.24) is 4.90 Å². The largest absolute Gasteiger partial charge is 0.480 e. The van der Waals surface area contributed by atoms with Crippen LogP contribution in [0, 0.1) is 5.41 Å². The topological polar surface area (TPSA) is 57.6 Å². The quantitative estimate of drug-likeness (QED) is 0.664. The fourth-order valence-corrected chi connectivity index (χ4v) is 0.847. The molecule has 4 nitrogen and oxygen atoms in total. The Morgan fingerprint density at radius 2 is 1.75 bits per heavy atom. The summed E-state index contributed by atoms with van der Waals surface area (Å²) in [5, 5.41) is 8.40. The molecule has 0 heterocycles. The van der Waals surface area contributed by atoms with Crippen LogP contribution in [0.5, 0.6) is 0 Å². The van der Waals surface area contributed by atoms with Crippen LogP contribution >= 0.6 is 0 Å². The third-order valence-corrected chi connectivity index (χ3v) is 1.36. The van der Waals surface area contributed by atoms with E-state index in [-0.39, 0.29) is 12.5 Å². The molecule has 0 aliphatic carbocycles. The second kappa shape index (κ2) is 3.56. The zero-order valence-electron chi connectivity index (χ0n) is 7.92. The van der Waals surface area contributed by atoms with E-state index in [0.717, 1.165) is 0 Å². The second-order valence-electron chi connectivity index (χ2n) is 3.80. The minimum Gasteiger partial charge on any atom is -0.480 e. The minimum absolute atomic E-state index is 0.162. The third-order valence-electron chi connectivity index (χ3n) is 1.36. The van der Waals surface area contributed by atoms with E-state index in [9.17, 15) is 9.59 Å². The van der Waals surface area contributed by atoms with Gasteiger partial charge >= 0.3 is 5.97 Å². The number of carbonyl (C=O) groups excluding carboxylic acids is 1. The minimum atomic E-state index is -0.991. The molecule has 4 heteroatoms. The maximum Gasteiger partial charge on any atom is 0.323 e. The molecule has 0 aromatic rings. The lowest BCUT2D eigenvalue weighted by Gasteiger charge is -2.24. The summed E-state index contributed by atoms with van der Waals surface area (Å²) in [5.41, 5.74) is -0.510. The van der Waals surface area contributed by atoms with E-state index in [1.165, 1.54) is 11.9 Å². The summed E-state index contributed by atoms with van der Waals surface area (Å²) in [6.07, 6.45) is 0. The van der Waals surface area contributed by atoms with Crippen molar-refractivity contribution in [1.29, 1.82) is 0 Å². The van der Waals surface area contributed by atoms with Gasteiger partial charge < -0.3 is 10.0 Å². The van der Waals surface area contributed by atoms with Crippen molar-refractivity contribution < 1.29 is 14.7 Å². The average Bonchev–Trinajstić information content (AvgIpc) is 1.82. The van der Waals surface area contributed by atoms with Gasteiger partial charge in [-0.05, 0) is 0 Å². The highest BCUT2D eigenvalue weighted by atomic mass is 16.4. The molecule has 0 unspecified atom stereocenters. The molecule has 12 heavy (non-hydrogen) atoms. The van der Waals surface area contributed by atoms with Crippen molar-refractivity contribution >= 4 is 11.9 Å². The second-order valence-corrected chi connectivity index (χ2v) is 3.80. The van der Waals surface area contributed by atoms with Crippen molar-refractivity contribution in [3.05, 3.63) is 0 Å². The summed E-state index contributed by atoms with van der Waals surface area (Å²) in [6.45, 7) is 5.03. The lowest BCUT2D eigenvalue weighted by molar-refractivity contribution is -0.147. The van der Waals surface area contributed by atoms with Crippen molar-refractivity contribution in [3.63, 3.8) is 0 Å². The molecule has 0 aliphatic rings. The van der Waals surface area contributed by atoms with Gasteiger partial charge in [0.15, 0.2) is 0 Å². The summed E-state index contributed by atoms with van der Waals surface area (Å²) < 4.78 is 0. The summed E-state index contributed by atoms with van der Waals surface area (Å²) in [7, 11) is 1.49. The number of likely N-dealkylation sites (N-methyl/N-ethyl adjacent to an activating group) is 1. The highest BCUT2D eigenvalue weighted by molar-refractivity contribution is 5.84. The number of amides is 1. The van der Waals surface area contributed by atoms with E-state index >= 15 is 0 Å². The Balaban J connectivity index is 4.21. The summed E-state index contributed by atoms with van der Waals surface area (Å²) in [6, 6.07) is 0. The maximum atomic E-state index is 11.4. The van der Waals surface area contributed by atoms with E-state index in [0.29, 0.717) is 0 Å². The number of carboxylic acid groups (broad SMARTS) is 1. The summed E-state index contributed by atoms with van der Waals surface area (Å²) >= 11 is 0. The number of hydrogen-bond acceptors (Lipinski definition) is 2. The highest BCUT2D eigenvalue weighted by Crippen LogP contribution is 2.15. The van der Waals surface area contributed by atoms with Gasteiger partial charge in [-0.3, -0.25) is 9.59 Å². The fraction of sp³-hybridized carbons (Fsp3) is 0.750. The van der Waals surface area contributed by atoms with Crippen LogP contribution in [0.4, 0.5) is 0 Å². The molecule has 0 saturated carbocycles. The first-order chi connectivity index (χ1) is 5.25. The van der Waals surface area contributed by atoms with Crippen molar-refractivity contribution in [2.24, 2.45) is 5.41 Å². The van der Waals surface area contributed by atoms with Gasteiger partial charge in [0.1, 0.15) is 6.54 Å². The van der Waals surface area contributed by atoms with Crippen molar-refractivity contribution in [2.45, 2.75) is 20.8 Å². The van der Waals surface area contributed by atoms with Crippen LogP contribution in [0.1, 0.15) is 20.8 Å². The number of rotatable bonds is 2. The number of carbonyl (C=O) groups is 2. The molecule has 0 radical (unpaired) electrons. The Hall–Kier alpha value is -1.06. The van der Waals surface area contributed by atoms with Crippen LogP contribution in [0.2, 0.25) is 0 Å². The van der Waals surface area contributed by atoms with Gasteiger partial charge in [0.2, 0.25) is 5.91 Å². The Bertz CT molecular complexity index is 193. The molecule has 0 atom stereocenters. The van der Waals surface area contributed by atoms with Gasteiger partial charge in [0.25, 0.3) is 0 Å². The standard InChI is InChI=1S/C8H15NO3/c1-8(2,3)7(12)9(4)5-6(10)11/h5H2,1-4H3,(H,10,11). The highest BCUT2D eigenvalue weighted by Gasteiger charge is 2.25. The number of hydrogen-bond donors (Lipinski definition) is 1. The molecule has 1 amide bonds. The van der Waals surface area contributed by atoms with Crippen LogP contribution in [0.25, 0.3) is 0 Å². The SMILES string of the molecule is CN(CC(=O)O)C(=O)C(C)(C)C. The monoisotopic (exact) mass is 173 g/mol.